The molecule has 0 heterocycles. The molecule has 0 unspecified atom stereocenters. The van der Waals surface area contributed by atoms with Crippen molar-refractivity contribution in [1.82, 2.24) is 0 Å². The van der Waals surface area contributed by atoms with Crippen LogP contribution in [0.2, 0.25) is 0 Å². The first-order chi connectivity index (χ1) is 10.6. The molecule has 2 aromatic carbocycles. The number of hydrogen-bond acceptors (Lipinski definition) is 4. The number of benzene rings is 2. The van der Waals surface area contributed by atoms with Crippen LogP contribution in [-0.2, 0) is 4.74 Å². The summed E-state index contributed by atoms with van der Waals surface area (Å²) in [7, 11) is 1.30. The lowest BCUT2D eigenvalue weighted by Crippen LogP contribution is -2.10. The lowest BCUT2D eigenvalue weighted by atomic mass is 10.3. The molecule has 0 bridgehead atoms. The molecule has 0 saturated carbocycles. The van der Waals surface area contributed by atoms with Crippen LogP contribution in [0.1, 0.15) is 0 Å². The fourth-order valence-electron chi connectivity index (χ4n) is 1.63. The van der Waals surface area contributed by atoms with Crippen LogP contribution in [0.4, 0.5) is 21.0 Å². The Labute approximate surface area is 140 Å². The molecule has 6 nitrogen and oxygen atoms in total. The number of anilines is 2. The zero-order chi connectivity index (χ0) is 15.9. The first-order valence-corrected chi connectivity index (χ1v) is 7.34. The van der Waals surface area contributed by atoms with E-state index in [4.69, 9.17) is 4.74 Å². The summed E-state index contributed by atoms with van der Waals surface area (Å²) in [5, 5.41) is 5.22. The minimum Gasteiger partial charge on any atom is -0.457 e. The standard InChI is InChI=1S/C15H13IN2O4/c1-21-15(20)18-11-4-8-13(9-5-11)22-12-6-2-10(3-7-12)17-14(16)19/h2-9H,1H3,(H,17,19)(H,18,20). The SMILES string of the molecule is COC(=O)Nc1ccc(Oc2ccc(NC(=O)I)cc2)cc1. The van der Waals surface area contributed by atoms with Gasteiger partial charge in [-0.3, -0.25) is 10.1 Å². The van der Waals surface area contributed by atoms with Gasteiger partial charge in [-0.2, -0.15) is 0 Å². The van der Waals surface area contributed by atoms with Crippen molar-refractivity contribution in [2.75, 3.05) is 17.7 Å². The highest BCUT2D eigenvalue weighted by atomic mass is 127. The van der Waals surface area contributed by atoms with Crippen molar-refractivity contribution in [2.45, 2.75) is 0 Å². The molecule has 0 aromatic heterocycles. The Morgan fingerprint density at radius 1 is 0.864 bits per heavy atom. The molecule has 0 fully saturated rings. The van der Waals surface area contributed by atoms with Crippen LogP contribution in [0.5, 0.6) is 11.5 Å². The summed E-state index contributed by atoms with van der Waals surface area (Å²) < 4.78 is 10.0. The normalized spacial score (nSPS) is 9.73. The lowest BCUT2D eigenvalue weighted by molar-refractivity contribution is 0.187. The van der Waals surface area contributed by atoms with E-state index in [-0.39, 0.29) is 3.91 Å². The van der Waals surface area contributed by atoms with Crippen LogP contribution in [0.3, 0.4) is 0 Å². The maximum absolute atomic E-state index is 11.1. The molecular weight excluding hydrogens is 399 g/mol. The van der Waals surface area contributed by atoms with Gasteiger partial charge in [-0.1, -0.05) is 0 Å². The largest absolute Gasteiger partial charge is 0.457 e. The number of hydrogen-bond donors (Lipinski definition) is 2. The Morgan fingerprint density at radius 3 is 1.73 bits per heavy atom. The van der Waals surface area contributed by atoms with Gasteiger partial charge in [-0.15, -0.1) is 0 Å². The zero-order valence-electron chi connectivity index (χ0n) is 11.6. The smallest absolute Gasteiger partial charge is 0.411 e. The predicted molar refractivity (Wildman–Crippen MR) is 92.0 cm³/mol. The minimum atomic E-state index is -0.526. The van der Waals surface area contributed by atoms with Crippen molar-refractivity contribution < 1.29 is 19.1 Å². The van der Waals surface area contributed by atoms with E-state index in [2.05, 4.69) is 15.4 Å². The van der Waals surface area contributed by atoms with Gasteiger partial charge in [-0.05, 0) is 48.5 Å². The number of nitrogens with one attached hydrogen (secondary N) is 2. The molecular formula is C15H13IN2O4. The molecule has 0 spiro atoms. The van der Waals surface area contributed by atoms with E-state index in [0.29, 0.717) is 22.9 Å². The molecule has 22 heavy (non-hydrogen) atoms. The number of halogens is 1. The molecule has 2 aromatic rings. The number of rotatable bonds is 4. The Balaban J connectivity index is 1.98. The maximum Gasteiger partial charge on any atom is 0.411 e. The second-order valence-electron chi connectivity index (χ2n) is 4.17. The average Bonchev–Trinajstić information content (AvgIpc) is 2.50. The average molecular weight is 412 g/mol. The van der Waals surface area contributed by atoms with E-state index in [1.165, 1.54) is 7.11 Å². The van der Waals surface area contributed by atoms with Gasteiger partial charge in [0.25, 0.3) is 3.91 Å². The monoisotopic (exact) mass is 412 g/mol. The van der Waals surface area contributed by atoms with Gasteiger partial charge in [-0.25, -0.2) is 4.79 Å². The van der Waals surface area contributed by atoms with Crippen LogP contribution in [0, 0.1) is 0 Å². The molecule has 0 aliphatic rings. The quantitative estimate of drug-likeness (QED) is 0.437. The second kappa shape index (κ2) is 7.64. The van der Waals surface area contributed by atoms with Crippen molar-refractivity contribution in [1.29, 1.82) is 0 Å². The van der Waals surface area contributed by atoms with Crippen molar-refractivity contribution in [3.05, 3.63) is 48.5 Å². The number of amides is 2. The molecule has 2 N–H and O–H groups in total. The van der Waals surface area contributed by atoms with Crippen molar-refractivity contribution in [3.8, 4) is 11.5 Å². The topological polar surface area (TPSA) is 76.7 Å². The molecule has 0 aliphatic heterocycles. The molecule has 0 aliphatic carbocycles. The number of carbonyl (C=O) groups excluding carboxylic acids is 2. The van der Waals surface area contributed by atoms with Crippen molar-refractivity contribution in [3.63, 3.8) is 0 Å². The third kappa shape index (κ3) is 4.92. The van der Waals surface area contributed by atoms with Crippen LogP contribution >= 0.6 is 22.6 Å². The molecule has 2 rings (SSSR count). The molecule has 0 saturated heterocycles. The highest BCUT2D eigenvalue weighted by molar-refractivity contribution is 14.1. The third-order valence-electron chi connectivity index (χ3n) is 2.62. The Morgan fingerprint density at radius 2 is 1.32 bits per heavy atom. The van der Waals surface area contributed by atoms with E-state index >= 15 is 0 Å². The van der Waals surface area contributed by atoms with E-state index in [1.807, 2.05) is 0 Å². The summed E-state index contributed by atoms with van der Waals surface area (Å²) in [6.45, 7) is 0. The van der Waals surface area contributed by atoms with Crippen molar-refractivity contribution >= 4 is 44.0 Å². The molecule has 114 valence electrons. The number of ether oxygens (including phenoxy) is 2. The lowest BCUT2D eigenvalue weighted by Gasteiger charge is -2.08. The highest BCUT2D eigenvalue weighted by Gasteiger charge is 2.02. The summed E-state index contributed by atoms with van der Waals surface area (Å²) >= 11 is 1.67. The van der Waals surface area contributed by atoms with Gasteiger partial charge in [0.1, 0.15) is 11.5 Å². The number of carbonyl (C=O) groups is 2. The Hall–Kier alpha value is -2.29. The van der Waals surface area contributed by atoms with E-state index in [9.17, 15) is 9.59 Å². The highest BCUT2D eigenvalue weighted by Crippen LogP contribution is 2.24. The van der Waals surface area contributed by atoms with Gasteiger partial charge >= 0.3 is 6.09 Å². The van der Waals surface area contributed by atoms with Gasteiger partial charge in [0.2, 0.25) is 0 Å². The summed E-state index contributed by atoms with van der Waals surface area (Å²) in [5.41, 5.74) is 1.31. The first-order valence-electron chi connectivity index (χ1n) is 6.26. The summed E-state index contributed by atoms with van der Waals surface area (Å²) in [6.07, 6.45) is -0.526. The van der Waals surface area contributed by atoms with E-state index in [0.717, 1.165) is 0 Å². The van der Waals surface area contributed by atoms with E-state index < -0.39 is 6.09 Å². The Kier molecular flexibility index (Phi) is 5.59. The number of methoxy groups -OCH3 is 1. The molecule has 2 amide bonds. The summed E-state index contributed by atoms with van der Waals surface area (Å²) in [6, 6.07) is 13.9. The van der Waals surface area contributed by atoms with Crippen LogP contribution in [-0.4, -0.2) is 17.1 Å². The van der Waals surface area contributed by atoms with E-state index in [1.54, 1.807) is 71.1 Å². The molecule has 0 atom stereocenters. The van der Waals surface area contributed by atoms with Gasteiger partial charge < -0.3 is 14.8 Å². The predicted octanol–water partition coefficient (Wildman–Crippen LogP) is 4.62. The Bertz CT molecular complexity index is 656. The summed E-state index contributed by atoms with van der Waals surface area (Å²) in [4.78, 5) is 22.0. The first kappa shape index (κ1) is 16.1. The summed E-state index contributed by atoms with van der Waals surface area (Å²) in [5.74, 6) is 1.27. The third-order valence-corrected chi connectivity index (χ3v) is 2.89. The van der Waals surface area contributed by atoms with Gasteiger partial charge in [0, 0.05) is 34.0 Å². The van der Waals surface area contributed by atoms with Gasteiger partial charge in [0.15, 0.2) is 0 Å². The zero-order valence-corrected chi connectivity index (χ0v) is 13.8. The molecule has 0 radical (unpaired) electrons. The fraction of sp³-hybridized carbons (Fsp3) is 0.0667. The minimum absolute atomic E-state index is 0.153. The maximum atomic E-state index is 11.1. The van der Waals surface area contributed by atoms with Gasteiger partial charge in [0.05, 0.1) is 7.11 Å². The van der Waals surface area contributed by atoms with Crippen molar-refractivity contribution in [2.24, 2.45) is 0 Å². The second-order valence-corrected chi connectivity index (χ2v) is 5.15. The fourth-order valence-corrected chi connectivity index (χ4v) is 1.94. The van der Waals surface area contributed by atoms with Crippen LogP contribution in [0.15, 0.2) is 48.5 Å². The van der Waals surface area contributed by atoms with Crippen LogP contribution < -0.4 is 15.4 Å². The molecule has 7 heteroatoms. The van der Waals surface area contributed by atoms with Crippen LogP contribution in [0.25, 0.3) is 0 Å².